The molecule has 0 saturated carbocycles. The molecule has 3 aromatic rings. The maximum absolute atomic E-state index is 12.5. The van der Waals surface area contributed by atoms with Crippen molar-refractivity contribution in [1.82, 2.24) is 10.6 Å². The normalized spacial score (nSPS) is 13.1. The van der Waals surface area contributed by atoms with Gasteiger partial charge in [-0.3, -0.25) is 9.59 Å². The molecule has 0 aliphatic carbocycles. The van der Waals surface area contributed by atoms with E-state index in [-0.39, 0.29) is 19.1 Å². The summed E-state index contributed by atoms with van der Waals surface area (Å²) in [6.07, 6.45) is 0. The van der Waals surface area contributed by atoms with Crippen LogP contribution in [0.1, 0.15) is 16.1 Å². The molecule has 2 aromatic carbocycles. The lowest BCUT2D eigenvalue weighted by atomic mass is 10.2. The fraction of sp³-hybridized carbons (Fsp3) is 0.238. The lowest BCUT2D eigenvalue weighted by Crippen LogP contribution is -2.48. The Labute approximate surface area is 171 Å². The number of furan rings is 1. The number of fused-ring (bicyclic) bond motifs is 2. The lowest BCUT2D eigenvalue weighted by Gasteiger charge is -2.15. The van der Waals surface area contributed by atoms with Gasteiger partial charge in [-0.15, -0.1) is 0 Å². The molecular formula is C21H20N2O7. The average molecular weight is 412 g/mol. The van der Waals surface area contributed by atoms with Gasteiger partial charge in [-0.2, -0.15) is 0 Å². The molecule has 1 aliphatic rings. The number of nitrogens with one attached hydrogen (secondary N) is 2. The molecule has 9 nitrogen and oxygen atoms in total. The largest absolute Gasteiger partial charge is 0.493 e. The molecule has 9 heteroatoms. The molecule has 0 bridgehead atoms. The fourth-order valence-corrected chi connectivity index (χ4v) is 3.10. The molecule has 0 saturated heterocycles. The van der Waals surface area contributed by atoms with Crippen LogP contribution in [0.2, 0.25) is 0 Å². The predicted octanol–water partition coefficient (Wildman–Crippen LogP) is 1.58. The summed E-state index contributed by atoms with van der Waals surface area (Å²) in [4.78, 5) is 25.0. The number of aliphatic hydroxyl groups excluding tert-OH is 1. The van der Waals surface area contributed by atoms with Crippen LogP contribution in [0.4, 0.5) is 0 Å². The maximum Gasteiger partial charge on any atom is 0.287 e. The summed E-state index contributed by atoms with van der Waals surface area (Å²) in [6.45, 7) is -0.205. The number of rotatable bonds is 7. The number of benzene rings is 2. The number of carbonyl (C=O) groups is 2. The van der Waals surface area contributed by atoms with Crippen molar-refractivity contribution in [3.05, 3.63) is 53.8 Å². The second kappa shape index (κ2) is 8.34. The van der Waals surface area contributed by atoms with E-state index in [1.807, 2.05) is 0 Å². The van der Waals surface area contributed by atoms with E-state index in [0.29, 0.717) is 28.2 Å². The fourth-order valence-electron chi connectivity index (χ4n) is 3.10. The van der Waals surface area contributed by atoms with Gasteiger partial charge >= 0.3 is 0 Å². The Balaban J connectivity index is 1.40. The molecule has 1 aromatic heterocycles. The molecular weight excluding hydrogens is 392 g/mol. The first-order chi connectivity index (χ1) is 14.6. The molecule has 3 N–H and O–H groups in total. The topological polar surface area (TPSA) is 119 Å². The number of methoxy groups -OCH3 is 1. The first-order valence-electron chi connectivity index (χ1n) is 9.23. The first-order valence-corrected chi connectivity index (χ1v) is 9.23. The maximum atomic E-state index is 12.5. The van der Waals surface area contributed by atoms with Crippen LogP contribution in [-0.2, 0) is 11.3 Å². The van der Waals surface area contributed by atoms with E-state index in [4.69, 9.17) is 18.6 Å². The third kappa shape index (κ3) is 3.87. The van der Waals surface area contributed by atoms with E-state index >= 15 is 0 Å². The van der Waals surface area contributed by atoms with Crippen LogP contribution in [-0.4, -0.2) is 43.5 Å². The van der Waals surface area contributed by atoms with Gasteiger partial charge in [0.15, 0.2) is 28.6 Å². The minimum absolute atomic E-state index is 0.0107. The van der Waals surface area contributed by atoms with Crippen LogP contribution in [0, 0.1) is 0 Å². The van der Waals surface area contributed by atoms with Crippen LogP contribution in [0.25, 0.3) is 11.0 Å². The summed E-state index contributed by atoms with van der Waals surface area (Å²) in [7, 11) is 1.50. The van der Waals surface area contributed by atoms with E-state index in [1.54, 1.807) is 42.5 Å². The summed E-state index contributed by atoms with van der Waals surface area (Å²) in [6, 6.07) is 11.0. The van der Waals surface area contributed by atoms with Gasteiger partial charge in [-0.05, 0) is 29.8 Å². The van der Waals surface area contributed by atoms with E-state index in [0.717, 1.165) is 5.56 Å². The minimum atomic E-state index is -1.14. The van der Waals surface area contributed by atoms with E-state index in [1.165, 1.54) is 7.11 Å². The third-order valence-electron chi connectivity index (χ3n) is 4.66. The minimum Gasteiger partial charge on any atom is -0.493 e. The Bertz CT molecular complexity index is 1090. The summed E-state index contributed by atoms with van der Waals surface area (Å²) in [5.74, 6) is 0.605. The van der Waals surface area contributed by atoms with Crippen molar-refractivity contribution in [2.24, 2.45) is 0 Å². The zero-order chi connectivity index (χ0) is 21.1. The van der Waals surface area contributed by atoms with E-state index in [9.17, 15) is 14.7 Å². The van der Waals surface area contributed by atoms with Gasteiger partial charge in [0.05, 0.1) is 13.7 Å². The van der Waals surface area contributed by atoms with Crippen LogP contribution >= 0.6 is 0 Å². The predicted molar refractivity (Wildman–Crippen MR) is 106 cm³/mol. The molecule has 156 valence electrons. The molecule has 0 spiro atoms. The summed E-state index contributed by atoms with van der Waals surface area (Å²) in [5.41, 5.74) is 1.22. The van der Waals surface area contributed by atoms with Crippen molar-refractivity contribution in [3.8, 4) is 17.2 Å². The highest BCUT2D eigenvalue weighted by Gasteiger charge is 2.23. The number of ether oxygens (including phenoxy) is 3. The first kappa shape index (κ1) is 19.6. The van der Waals surface area contributed by atoms with Crippen molar-refractivity contribution in [2.75, 3.05) is 20.5 Å². The Morgan fingerprint density at radius 3 is 2.80 bits per heavy atom. The summed E-state index contributed by atoms with van der Waals surface area (Å²) >= 11 is 0. The molecule has 1 atom stereocenters. The quantitative estimate of drug-likeness (QED) is 0.539. The molecule has 0 fully saturated rings. The smallest absolute Gasteiger partial charge is 0.287 e. The van der Waals surface area contributed by atoms with Gasteiger partial charge in [0.2, 0.25) is 12.7 Å². The number of hydrogen-bond donors (Lipinski definition) is 3. The lowest BCUT2D eigenvalue weighted by molar-refractivity contribution is -0.124. The van der Waals surface area contributed by atoms with Crippen LogP contribution in [0.15, 0.2) is 46.9 Å². The molecule has 4 rings (SSSR count). The standard InChI is InChI=1S/C21H20N2O7/c1-27-16-4-2-3-13-8-18(30-19(13)16)21(26)23-14(10-24)20(25)22-9-12-5-6-15-17(7-12)29-11-28-15/h2-8,14,24H,9-11H2,1H3,(H,22,25)(H,23,26). The number of amides is 2. The highest BCUT2D eigenvalue weighted by molar-refractivity contribution is 5.99. The van der Waals surface area contributed by atoms with Crippen LogP contribution < -0.4 is 24.8 Å². The van der Waals surface area contributed by atoms with Crippen molar-refractivity contribution in [1.29, 1.82) is 0 Å². The molecule has 2 amide bonds. The van der Waals surface area contributed by atoms with E-state index < -0.39 is 24.5 Å². The highest BCUT2D eigenvalue weighted by atomic mass is 16.7. The Kier molecular flexibility index (Phi) is 5.44. The van der Waals surface area contributed by atoms with Crippen molar-refractivity contribution in [2.45, 2.75) is 12.6 Å². The van der Waals surface area contributed by atoms with Gasteiger partial charge in [0.1, 0.15) is 6.04 Å². The average Bonchev–Trinajstić information content (AvgIpc) is 3.41. The molecule has 30 heavy (non-hydrogen) atoms. The second-order valence-electron chi connectivity index (χ2n) is 6.60. The Morgan fingerprint density at radius 2 is 2.00 bits per heavy atom. The molecule has 2 heterocycles. The van der Waals surface area contributed by atoms with Crippen molar-refractivity contribution >= 4 is 22.8 Å². The van der Waals surface area contributed by atoms with Gasteiger partial charge in [0.25, 0.3) is 5.91 Å². The zero-order valence-corrected chi connectivity index (χ0v) is 16.1. The SMILES string of the molecule is COc1cccc2cc(C(=O)NC(CO)C(=O)NCc3ccc4c(c3)OCO4)oc12. The van der Waals surface area contributed by atoms with Crippen molar-refractivity contribution in [3.63, 3.8) is 0 Å². The van der Waals surface area contributed by atoms with Crippen LogP contribution in [0.5, 0.6) is 17.2 Å². The summed E-state index contributed by atoms with van der Waals surface area (Å²) in [5, 5.41) is 15.4. The Morgan fingerprint density at radius 1 is 1.17 bits per heavy atom. The highest BCUT2D eigenvalue weighted by Crippen LogP contribution is 2.32. The van der Waals surface area contributed by atoms with Gasteiger partial charge in [-0.1, -0.05) is 18.2 Å². The van der Waals surface area contributed by atoms with Gasteiger partial charge in [0, 0.05) is 11.9 Å². The van der Waals surface area contributed by atoms with Crippen LogP contribution in [0.3, 0.4) is 0 Å². The molecule has 1 unspecified atom stereocenters. The monoisotopic (exact) mass is 412 g/mol. The number of carbonyl (C=O) groups excluding carboxylic acids is 2. The number of hydrogen-bond acceptors (Lipinski definition) is 7. The van der Waals surface area contributed by atoms with Gasteiger partial charge in [-0.25, -0.2) is 0 Å². The number of para-hydroxylation sites is 1. The molecule has 0 radical (unpaired) electrons. The number of aliphatic hydroxyl groups is 1. The van der Waals surface area contributed by atoms with Crippen molar-refractivity contribution < 1.29 is 33.3 Å². The van der Waals surface area contributed by atoms with E-state index in [2.05, 4.69) is 10.6 Å². The Hall–Kier alpha value is -3.72. The zero-order valence-electron chi connectivity index (χ0n) is 16.1. The second-order valence-corrected chi connectivity index (χ2v) is 6.60. The molecule has 1 aliphatic heterocycles. The van der Waals surface area contributed by atoms with Gasteiger partial charge < -0.3 is 34.4 Å². The third-order valence-corrected chi connectivity index (χ3v) is 4.66. The summed E-state index contributed by atoms with van der Waals surface area (Å²) < 4.78 is 21.3.